The van der Waals surface area contributed by atoms with E-state index in [2.05, 4.69) is 25.5 Å². The van der Waals surface area contributed by atoms with Crippen molar-refractivity contribution >= 4 is 29.1 Å². The number of carbonyl (C=O) groups excluding carboxylic acids is 1. The first kappa shape index (κ1) is 30.2. The summed E-state index contributed by atoms with van der Waals surface area (Å²) in [5.41, 5.74) is 4.71. The molecule has 3 aromatic heterocycles. The molecule has 0 aliphatic rings. The van der Waals surface area contributed by atoms with Gasteiger partial charge in [0.2, 0.25) is 5.82 Å². The van der Waals surface area contributed by atoms with Crippen molar-refractivity contribution in [3.8, 4) is 17.1 Å². The molecule has 17 heteroatoms. The third kappa shape index (κ3) is 7.11. The lowest BCUT2D eigenvalue weighted by atomic mass is 10.1. The molecule has 0 aliphatic heterocycles. The fourth-order valence-electron chi connectivity index (χ4n) is 3.58. The molecule has 0 bridgehead atoms. The van der Waals surface area contributed by atoms with Crippen LogP contribution in [-0.4, -0.2) is 69.5 Å². The van der Waals surface area contributed by atoms with E-state index in [-0.39, 0.29) is 40.3 Å². The lowest BCUT2D eigenvalue weighted by Crippen LogP contribution is -2.45. The van der Waals surface area contributed by atoms with E-state index >= 15 is 0 Å². The number of aliphatic hydroxyl groups is 1. The number of halogens is 5. The predicted octanol–water partition coefficient (Wildman–Crippen LogP) is 2.43. The number of benzene rings is 1. The molecule has 0 spiro atoms. The lowest BCUT2D eigenvalue weighted by Gasteiger charge is -2.18. The largest absolute Gasteiger partial charge is 0.416 e. The highest BCUT2D eigenvalue weighted by Crippen LogP contribution is 2.24. The summed E-state index contributed by atoms with van der Waals surface area (Å²) in [6.45, 7) is 1.94. The van der Waals surface area contributed by atoms with Crippen LogP contribution in [0.5, 0.6) is 0 Å². The summed E-state index contributed by atoms with van der Waals surface area (Å²) in [7, 11) is 0. The number of nitrogens with one attached hydrogen (secondary N) is 1. The highest BCUT2D eigenvalue weighted by Gasteiger charge is 2.39. The minimum atomic E-state index is -4.98. The molecule has 0 fully saturated rings. The Bertz CT molecular complexity index is 1610. The van der Waals surface area contributed by atoms with E-state index < -0.39 is 42.5 Å². The van der Waals surface area contributed by atoms with E-state index in [1.807, 2.05) is 0 Å². The van der Waals surface area contributed by atoms with Crippen molar-refractivity contribution in [1.29, 1.82) is 0 Å². The zero-order valence-corrected chi connectivity index (χ0v) is 23.1. The van der Waals surface area contributed by atoms with Crippen LogP contribution in [0.2, 0.25) is 10.0 Å². The number of aliphatic hydroxyl groups excluding tert-OH is 1. The molecule has 1 atom stereocenters. The van der Waals surface area contributed by atoms with Crippen LogP contribution in [0.4, 0.5) is 13.2 Å². The highest BCUT2D eigenvalue weighted by atomic mass is 35.5. The van der Waals surface area contributed by atoms with Gasteiger partial charge in [0.15, 0.2) is 17.8 Å². The number of aromatic nitrogens is 7. The normalized spacial score (nSPS) is 12.9. The maximum atomic E-state index is 13.2. The van der Waals surface area contributed by atoms with Crippen LogP contribution in [0.3, 0.4) is 0 Å². The quantitative estimate of drug-likeness (QED) is 0.259. The summed E-state index contributed by atoms with van der Waals surface area (Å²) < 4.78 is 42.1. The molecule has 3 heterocycles. The standard InChI is InChI=1S/C24H24Cl2F3N9O3/c1-23(2,30)12-32-21(40)20-33-18(34-38(20)16-9-31-8-7-15(16)26)11-37-22(41)36(10-17(39)24(27,28)29)19(35-37)13-3-5-14(25)6-4-13/h3-9,17,39H,10-12,30H2,1-2H3,(H,32,40). The number of nitrogens with two attached hydrogens (primary N) is 1. The summed E-state index contributed by atoms with van der Waals surface area (Å²) in [6, 6.07) is 7.34. The summed E-state index contributed by atoms with van der Waals surface area (Å²) in [4.78, 5) is 34.5. The number of pyridine rings is 1. The van der Waals surface area contributed by atoms with Gasteiger partial charge in [0, 0.05) is 28.9 Å². The Kier molecular flexibility index (Phi) is 8.54. The Hall–Kier alpha value is -3.79. The number of alkyl halides is 3. The number of amides is 1. The first-order chi connectivity index (χ1) is 19.1. The second-order valence-electron chi connectivity index (χ2n) is 9.70. The number of hydrogen-bond acceptors (Lipinski definition) is 8. The summed E-state index contributed by atoms with van der Waals surface area (Å²) in [5.74, 6) is -1.12. The van der Waals surface area contributed by atoms with Crippen molar-refractivity contribution < 1.29 is 23.1 Å². The second kappa shape index (κ2) is 11.6. The average molecular weight is 614 g/mol. The number of rotatable bonds is 9. The number of nitrogens with zero attached hydrogens (tertiary/aromatic N) is 7. The molecular formula is C24H24Cl2F3N9O3. The molecule has 0 radical (unpaired) electrons. The van der Waals surface area contributed by atoms with E-state index in [1.165, 1.54) is 42.7 Å². The van der Waals surface area contributed by atoms with Crippen molar-refractivity contribution in [2.45, 2.75) is 44.8 Å². The summed E-state index contributed by atoms with van der Waals surface area (Å²) in [5, 5.41) is 21.4. The maximum absolute atomic E-state index is 13.2. The van der Waals surface area contributed by atoms with Gasteiger partial charge in [-0.2, -0.15) is 13.2 Å². The topological polar surface area (TPSA) is 159 Å². The Labute approximate surface area is 240 Å². The van der Waals surface area contributed by atoms with Gasteiger partial charge in [-0.15, -0.1) is 10.2 Å². The lowest BCUT2D eigenvalue weighted by molar-refractivity contribution is -0.207. The molecular weight excluding hydrogens is 590 g/mol. The Morgan fingerprint density at radius 1 is 1.15 bits per heavy atom. The van der Waals surface area contributed by atoms with Gasteiger partial charge in [-0.25, -0.2) is 19.1 Å². The van der Waals surface area contributed by atoms with Crippen LogP contribution in [0, 0.1) is 0 Å². The van der Waals surface area contributed by atoms with Gasteiger partial charge in [-0.3, -0.25) is 14.3 Å². The molecule has 12 nitrogen and oxygen atoms in total. The molecule has 1 unspecified atom stereocenters. The summed E-state index contributed by atoms with van der Waals surface area (Å²) in [6.07, 6.45) is -5.04. The van der Waals surface area contributed by atoms with Crippen LogP contribution in [0.1, 0.15) is 30.3 Å². The highest BCUT2D eigenvalue weighted by molar-refractivity contribution is 6.32. The third-order valence-corrected chi connectivity index (χ3v) is 6.16. The van der Waals surface area contributed by atoms with Crippen LogP contribution >= 0.6 is 23.2 Å². The molecule has 1 amide bonds. The number of carbonyl (C=O) groups is 1. The van der Waals surface area contributed by atoms with Gasteiger partial charge >= 0.3 is 11.9 Å². The predicted molar refractivity (Wildman–Crippen MR) is 143 cm³/mol. The van der Waals surface area contributed by atoms with E-state index in [4.69, 9.17) is 28.9 Å². The zero-order chi connectivity index (χ0) is 30.1. The molecule has 4 rings (SSSR count). The molecule has 4 N–H and O–H groups in total. The van der Waals surface area contributed by atoms with Crippen LogP contribution in [0.15, 0.2) is 47.5 Å². The fourth-order valence-corrected chi connectivity index (χ4v) is 3.89. The van der Waals surface area contributed by atoms with Gasteiger partial charge < -0.3 is 16.2 Å². The minimum absolute atomic E-state index is 0.0879. The van der Waals surface area contributed by atoms with Crippen LogP contribution in [-0.2, 0) is 13.1 Å². The Morgan fingerprint density at radius 3 is 2.44 bits per heavy atom. The van der Waals surface area contributed by atoms with Gasteiger partial charge in [-0.1, -0.05) is 23.2 Å². The van der Waals surface area contributed by atoms with Gasteiger partial charge in [0.25, 0.3) is 5.91 Å². The smallest absolute Gasteiger partial charge is 0.382 e. The molecule has 4 aromatic rings. The molecule has 41 heavy (non-hydrogen) atoms. The molecule has 0 saturated heterocycles. The molecule has 1 aromatic carbocycles. The van der Waals surface area contributed by atoms with E-state index in [1.54, 1.807) is 13.8 Å². The van der Waals surface area contributed by atoms with Crippen molar-refractivity contribution in [1.82, 2.24) is 39.4 Å². The van der Waals surface area contributed by atoms with Crippen molar-refractivity contribution in [2.24, 2.45) is 5.73 Å². The Morgan fingerprint density at radius 2 is 1.83 bits per heavy atom. The first-order valence-electron chi connectivity index (χ1n) is 12.0. The Balaban J connectivity index is 1.77. The zero-order valence-electron chi connectivity index (χ0n) is 21.6. The first-order valence-corrected chi connectivity index (χ1v) is 12.7. The third-order valence-electron chi connectivity index (χ3n) is 5.59. The minimum Gasteiger partial charge on any atom is -0.382 e. The van der Waals surface area contributed by atoms with E-state index in [9.17, 15) is 27.9 Å². The monoisotopic (exact) mass is 613 g/mol. The van der Waals surface area contributed by atoms with Crippen LogP contribution < -0.4 is 16.7 Å². The van der Waals surface area contributed by atoms with Gasteiger partial charge in [0.05, 0.1) is 17.8 Å². The van der Waals surface area contributed by atoms with E-state index in [0.717, 1.165) is 9.36 Å². The van der Waals surface area contributed by atoms with Crippen LogP contribution in [0.25, 0.3) is 17.1 Å². The van der Waals surface area contributed by atoms with Gasteiger partial charge in [-0.05, 0) is 44.2 Å². The van der Waals surface area contributed by atoms with Crippen molar-refractivity contribution in [2.75, 3.05) is 6.54 Å². The average Bonchev–Trinajstić information content (AvgIpc) is 3.44. The molecule has 0 saturated carbocycles. The number of hydrogen-bond donors (Lipinski definition) is 3. The summed E-state index contributed by atoms with van der Waals surface area (Å²) >= 11 is 12.2. The molecule has 0 aliphatic carbocycles. The van der Waals surface area contributed by atoms with Crippen molar-refractivity contribution in [3.63, 3.8) is 0 Å². The maximum Gasteiger partial charge on any atom is 0.416 e. The molecule has 218 valence electrons. The van der Waals surface area contributed by atoms with Crippen molar-refractivity contribution in [3.05, 3.63) is 74.9 Å². The SMILES string of the molecule is CC(C)(N)CNC(=O)c1nc(Cn2nc(-c3ccc(Cl)cc3)n(CC(O)C(F)(F)F)c2=O)nn1-c1cnccc1Cl. The van der Waals surface area contributed by atoms with Gasteiger partial charge in [0.1, 0.15) is 12.2 Å². The van der Waals surface area contributed by atoms with E-state index in [0.29, 0.717) is 9.59 Å². The second-order valence-corrected chi connectivity index (χ2v) is 10.5. The fraction of sp³-hybridized carbons (Fsp3) is 0.333.